The summed E-state index contributed by atoms with van der Waals surface area (Å²) in [7, 11) is -3.38. The van der Waals surface area contributed by atoms with E-state index < -0.39 is 10.0 Å². The van der Waals surface area contributed by atoms with E-state index in [2.05, 4.69) is 22.4 Å². The van der Waals surface area contributed by atoms with E-state index in [0.29, 0.717) is 31.1 Å². The molecule has 0 spiro atoms. The van der Waals surface area contributed by atoms with Crippen LogP contribution >= 0.6 is 23.1 Å². The van der Waals surface area contributed by atoms with E-state index in [0.717, 1.165) is 27.6 Å². The van der Waals surface area contributed by atoms with Crippen molar-refractivity contribution in [1.29, 1.82) is 0 Å². The predicted octanol–water partition coefficient (Wildman–Crippen LogP) is 3.53. The van der Waals surface area contributed by atoms with Crippen LogP contribution in [0, 0.1) is 12.8 Å². The molecule has 1 amide bonds. The zero-order chi connectivity index (χ0) is 20.9. The molecule has 0 atom stereocenters. The van der Waals surface area contributed by atoms with Crippen molar-refractivity contribution in [2.45, 2.75) is 43.2 Å². The molecule has 1 fully saturated rings. The summed E-state index contributed by atoms with van der Waals surface area (Å²) in [6.07, 6.45) is 2.07. The zero-order valence-electron chi connectivity index (χ0n) is 16.6. The van der Waals surface area contributed by atoms with Gasteiger partial charge in [0.15, 0.2) is 4.34 Å². The average Bonchev–Trinajstić information content (AvgIpc) is 3.15. The lowest BCUT2D eigenvalue weighted by atomic mass is 9.97. The summed E-state index contributed by atoms with van der Waals surface area (Å²) in [5.41, 5.74) is 1.88. The molecule has 7 nitrogen and oxygen atoms in total. The third kappa shape index (κ3) is 6.24. The predicted molar refractivity (Wildman–Crippen MR) is 118 cm³/mol. The van der Waals surface area contributed by atoms with Crippen molar-refractivity contribution in [3.05, 3.63) is 35.4 Å². The highest BCUT2D eigenvalue weighted by molar-refractivity contribution is 8.01. The van der Waals surface area contributed by atoms with Crippen molar-refractivity contribution in [3.8, 4) is 0 Å². The number of aromatic nitrogens is 2. The molecule has 1 N–H and O–H groups in total. The number of sulfonamides is 1. The van der Waals surface area contributed by atoms with Crippen molar-refractivity contribution in [2.24, 2.45) is 5.92 Å². The van der Waals surface area contributed by atoms with Gasteiger partial charge in [-0.3, -0.25) is 4.79 Å². The Hall–Kier alpha value is -1.49. The van der Waals surface area contributed by atoms with Crippen LogP contribution in [-0.2, 0) is 20.6 Å². The lowest BCUT2D eigenvalue weighted by Crippen LogP contribution is -2.41. The van der Waals surface area contributed by atoms with Crippen LogP contribution in [0.5, 0.6) is 0 Å². The van der Waals surface area contributed by atoms with E-state index in [9.17, 15) is 13.2 Å². The fourth-order valence-corrected chi connectivity index (χ4v) is 6.34. The first-order valence-electron chi connectivity index (χ1n) is 9.68. The zero-order valence-corrected chi connectivity index (χ0v) is 19.1. The molecule has 158 valence electrons. The molecular weight excluding hydrogens is 428 g/mol. The summed E-state index contributed by atoms with van der Waals surface area (Å²) < 4.78 is 27.8. The van der Waals surface area contributed by atoms with Crippen molar-refractivity contribution >= 4 is 44.2 Å². The number of piperidine rings is 1. The van der Waals surface area contributed by atoms with Gasteiger partial charge in [0.2, 0.25) is 21.1 Å². The number of anilines is 1. The second kappa shape index (κ2) is 10.0. The molecule has 1 aromatic carbocycles. The van der Waals surface area contributed by atoms with Crippen molar-refractivity contribution in [1.82, 2.24) is 14.5 Å². The highest BCUT2D eigenvalue weighted by atomic mass is 32.2. The number of nitrogens with one attached hydrogen (secondary N) is 1. The highest BCUT2D eigenvalue weighted by Crippen LogP contribution is 2.27. The van der Waals surface area contributed by atoms with Crippen LogP contribution in [0.1, 0.15) is 37.3 Å². The second-order valence-electron chi connectivity index (χ2n) is 7.13. The van der Waals surface area contributed by atoms with Crippen LogP contribution < -0.4 is 5.32 Å². The summed E-state index contributed by atoms with van der Waals surface area (Å²) in [6.45, 7) is 4.80. The first-order chi connectivity index (χ1) is 13.9. The molecule has 1 saturated heterocycles. The number of nitrogens with zero attached hydrogens (tertiary/aromatic N) is 3. The number of carbonyl (C=O) groups excluding carboxylic acids is 1. The maximum Gasteiger partial charge on any atom is 0.229 e. The van der Waals surface area contributed by atoms with Gasteiger partial charge in [0.05, 0.1) is 5.75 Å². The number of rotatable bonds is 8. The average molecular weight is 455 g/mol. The smallest absolute Gasteiger partial charge is 0.229 e. The van der Waals surface area contributed by atoms with E-state index in [1.165, 1.54) is 15.6 Å². The first-order valence-corrected chi connectivity index (χ1v) is 13.1. The molecule has 0 unspecified atom stereocenters. The Morgan fingerprint density at radius 1 is 1.24 bits per heavy atom. The molecule has 2 aromatic rings. The Balaban J connectivity index is 1.50. The summed E-state index contributed by atoms with van der Waals surface area (Å²) in [4.78, 5) is 12.5. The quantitative estimate of drug-likeness (QED) is 0.485. The fourth-order valence-electron chi connectivity index (χ4n) is 3.10. The van der Waals surface area contributed by atoms with Gasteiger partial charge >= 0.3 is 0 Å². The van der Waals surface area contributed by atoms with Gasteiger partial charge < -0.3 is 5.32 Å². The Morgan fingerprint density at radius 2 is 1.93 bits per heavy atom. The highest BCUT2D eigenvalue weighted by Gasteiger charge is 2.31. The van der Waals surface area contributed by atoms with E-state index in [1.807, 2.05) is 31.2 Å². The minimum absolute atomic E-state index is 0.00681. The molecule has 3 rings (SSSR count). The minimum Gasteiger partial charge on any atom is -0.300 e. The van der Waals surface area contributed by atoms with Crippen LogP contribution in [0.2, 0.25) is 0 Å². The van der Waals surface area contributed by atoms with Gasteiger partial charge in [-0.25, -0.2) is 12.7 Å². The molecule has 1 aromatic heterocycles. The van der Waals surface area contributed by atoms with Crippen LogP contribution in [0.3, 0.4) is 0 Å². The van der Waals surface area contributed by atoms with E-state index in [4.69, 9.17) is 0 Å². The first kappa shape index (κ1) is 22.2. The second-order valence-corrected chi connectivity index (χ2v) is 11.4. The van der Waals surface area contributed by atoms with Crippen LogP contribution in [-0.4, -0.2) is 47.7 Å². The number of amides is 1. The fraction of sp³-hybridized carbons (Fsp3) is 0.526. The molecule has 0 radical (unpaired) electrons. The van der Waals surface area contributed by atoms with Gasteiger partial charge in [-0.2, -0.15) is 0 Å². The third-order valence-electron chi connectivity index (χ3n) is 4.75. The standard InChI is InChI=1S/C19H26N4O3S3/c1-3-12-27-19-22-21-18(28-19)20-17(24)16-8-10-23(11-9-16)29(25,26)13-15-6-4-14(2)5-7-15/h4-7,16H,3,8-13H2,1-2H3,(H,20,21,24). The topological polar surface area (TPSA) is 92.3 Å². The van der Waals surface area contributed by atoms with Crippen LogP contribution in [0.15, 0.2) is 28.6 Å². The van der Waals surface area contributed by atoms with Crippen molar-refractivity contribution < 1.29 is 13.2 Å². The van der Waals surface area contributed by atoms with Crippen LogP contribution in [0.25, 0.3) is 0 Å². The molecule has 0 bridgehead atoms. The lowest BCUT2D eigenvalue weighted by Gasteiger charge is -2.30. The van der Waals surface area contributed by atoms with Gasteiger partial charge in [-0.15, -0.1) is 10.2 Å². The van der Waals surface area contributed by atoms with E-state index in [1.54, 1.807) is 11.8 Å². The lowest BCUT2D eigenvalue weighted by molar-refractivity contribution is -0.120. The van der Waals surface area contributed by atoms with Gasteiger partial charge in [0, 0.05) is 24.8 Å². The summed E-state index contributed by atoms with van der Waals surface area (Å²) >= 11 is 3.00. The molecule has 0 saturated carbocycles. The summed E-state index contributed by atoms with van der Waals surface area (Å²) in [5.74, 6) is 0.644. The number of thioether (sulfide) groups is 1. The minimum atomic E-state index is -3.38. The molecule has 2 heterocycles. The normalized spacial score (nSPS) is 16.1. The van der Waals surface area contributed by atoms with Crippen LogP contribution in [0.4, 0.5) is 5.13 Å². The number of hydrogen-bond acceptors (Lipinski definition) is 7. The SMILES string of the molecule is CCCSc1nnc(NC(=O)C2CCN(S(=O)(=O)Cc3ccc(C)cc3)CC2)s1. The molecule has 29 heavy (non-hydrogen) atoms. The number of carbonyl (C=O) groups is 1. The maximum atomic E-state index is 12.7. The van der Waals surface area contributed by atoms with E-state index in [-0.39, 0.29) is 17.6 Å². The van der Waals surface area contributed by atoms with Gasteiger partial charge in [0.1, 0.15) is 0 Å². The maximum absolute atomic E-state index is 12.7. The van der Waals surface area contributed by atoms with E-state index >= 15 is 0 Å². The van der Waals surface area contributed by atoms with Crippen molar-refractivity contribution in [3.63, 3.8) is 0 Å². The Kier molecular flexibility index (Phi) is 7.66. The Bertz CT molecular complexity index is 920. The molecule has 1 aliphatic heterocycles. The summed E-state index contributed by atoms with van der Waals surface area (Å²) in [5, 5.41) is 11.4. The summed E-state index contributed by atoms with van der Waals surface area (Å²) in [6, 6.07) is 7.53. The van der Waals surface area contributed by atoms with Crippen molar-refractivity contribution in [2.75, 3.05) is 24.2 Å². The molecule has 10 heteroatoms. The Morgan fingerprint density at radius 3 is 2.59 bits per heavy atom. The monoisotopic (exact) mass is 454 g/mol. The number of aryl methyl sites for hydroxylation is 1. The van der Waals surface area contributed by atoms with Gasteiger partial charge in [-0.05, 0) is 31.7 Å². The number of hydrogen-bond donors (Lipinski definition) is 1. The van der Waals surface area contributed by atoms with Gasteiger partial charge in [0.25, 0.3) is 0 Å². The molecular formula is C19H26N4O3S3. The molecule has 1 aliphatic rings. The van der Waals surface area contributed by atoms with Gasteiger partial charge in [-0.1, -0.05) is 59.9 Å². The number of benzene rings is 1. The Labute approximate surface area is 180 Å². The largest absolute Gasteiger partial charge is 0.300 e. The third-order valence-corrected chi connectivity index (χ3v) is 8.78. The molecule has 0 aliphatic carbocycles.